The SMILES string of the molecule is COC(=O)C(C)(C)N(C)c1ccc(F)c(F)c1. The van der Waals surface area contributed by atoms with Crippen molar-refractivity contribution in [3.8, 4) is 0 Å². The first-order chi connectivity index (χ1) is 7.80. The minimum atomic E-state index is -0.959. The average Bonchev–Trinajstić information content (AvgIpc) is 2.30. The zero-order chi connectivity index (χ0) is 13.2. The Morgan fingerprint density at radius 1 is 1.29 bits per heavy atom. The van der Waals surface area contributed by atoms with Gasteiger partial charge in [-0.15, -0.1) is 0 Å². The highest BCUT2D eigenvalue weighted by Crippen LogP contribution is 2.24. The quantitative estimate of drug-likeness (QED) is 0.763. The van der Waals surface area contributed by atoms with Crippen molar-refractivity contribution in [2.45, 2.75) is 19.4 Å². The van der Waals surface area contributed by atoms with Gasteiger partial charge < -0.3 is 9.64 Å². The van der Waals surface area contributed by atoms with Crippen molar-refractivity contribution in [1.82, 2.24) is 0 Å². The van der Waals surface area contributed by atoms with E-state index in [1.165, 1.54) is 18.1 Å². The molecule has 0 N–H and O–H groups in total. The molecule has 1 aromatic rings. The monoisotopic (exact) mass is 243 g/mol. The van der Waals surface area contributed by atoms with Crippen LogP contribution in [-0.2, 0) is 9.53 Å². The maximum Gasteiger partial charge on any atom is 0.331 e. The Bertz CT molecular complexity index is 433. The highest BCUT2D eigenvalue weighted by atomic mass is 19.2. The van der Waals surface area contributed by atoms with E-state index in [-0.39, 0.29) is 0 Å². The molecule has 0 saturated carbocycles. The summed E-state index contributed by atoms with van der Waals surface area (Å²) in [6.07, 6.45) is 0. The summed E-state index contributed by atoms with van der Waals surface area (Å²) in [7, 11) is 2.90. The van der Waals surface area contributed by atoms with E-state index in [1.54, 1.807) is 20.9 Å². The van der Waals surface area contributed by atoms with Gasteiger partial charge in [-0.3, -0.25) is 0 Å². The minimum absolute atomic E-state index is 0.402. The summed E-state index contributed by atoms with van der Waals surface area (Å²) < 4.78 is 30.6. The fourth-order valence-corrected chi connectivity index (χ4v) is 1.40. The molecule has 0 fully saturated rings. The predicted molar refractivity (Wildman–Crippen MR) is 60.9 cm³/mol. The number of anilines is 1. The Labute approximate surface area is 99.0 Å². The summed E-state index contributed by atoms with van der Waals surface area (Å²) in [4.78, 5) is 13.1. The van der Waals surface area contributed by atoms with Gasteiger partial charge in [0.2, 0.25) is 0 Å². The van der Waals surface area contributed by atoms with Crippen LogP contribution in [0.5, 0.6) is 0 Å². The van der Waals surface area contributed by atoms with E-state index in [2.05, 4.69) is 4.74 Å². The van der Waals surface area contributed by atoms with Gasteiger partial charge in [0.1, 0.15) is 5.54 Å². The van der Waals surface area contributed by atoms with Gasteiger partial charge >= 0.3 is 5.97 Å². The van der Waals surface area contributed by atoms with Crippen LogP contribution in [0.25, 0.3) is 0 Å². The maximum atomic E-state index is 13.1. The first-order valence-electron chi connectivity index (χ1n) is 5.08. The third-order valence-electron chi connectivity index (χ3n) is 2.81. The maximum absolute atomic E-state index is 13.1. The van der Waals surface area contributed by atoms with E-state index in [4.69, 9.17) is 0 Å². The van der Waals surface area contributed by atoms with E-state index in [9.17, 15) is 13.6 Å². The molecule has 5 heteroatoms. The number of carbonyl (C=O) groups is 1. The molecule has 0 amide bonds. The molecule has 0 aliphatic heterocycles. The van der Waals surface area contributed by atoms with Gasteiger partial charge in [0.15, 0.2) is 11.6 Å². The third-order valence-corrected chi connectivity index (χ3v) is 2.81. The molecule has 0 atom stereocenters. The normalized spacial score (nSPS) is 11.2. The van der Waals surface area contributed by atoms with E-state index in [0.717, 1.165) is 12.1 Å². The zero-order valence-electron chi connectivity index (χ0n) is 10.3. The first kappa shape index (κ1) is 13.4. The van der Waals surface area contributed by atoms with Crippen LogP contribution in [0.3, 0.4) is 0 Å². The number of hydrogen-bond acceptors (Lipinski definition) is 3. The molecule has 17 heavy (non-hydrogen) atoms. The second-order valence-electron chi connectivity index (χ2n) is 4.21. The number of carbonyl (C=O) groups excluding carboxylic acids is 1. The van der Waals surface area contributed by atoms with E-state index in [0.29, 0.717) is 5.69 Å². The van der Waals surface area contributed by atoms with Crippen LogP contribution in [0, 0.1) is 11.6 Å². The van der Waals surface area contributed by atoms with Gasteiger partial charge in [0.25, 0.3) is 0 Å². The van der Waals surface area contributed by atoms with Crippen molar-refractivity contribution >= 4 is 11.7 Å². The van der Waals surface area contributed by atoms with Gasteiger partial charge in [-0.1, -0.05) is 0 Å². The molecule has 0 radical (unpaired) electrons. The van der Waals surface area contributed by atoms with Crippen LogP contribution < -0.4 is 4.90 Å². The Morgan fingerprint density at radius 3 is 2.35 bits per heavy atom. The van der Waals surface area contributed by atoms with Crippen molar-refractivity contribution in [2.75, 3.05) is 19.1 Å². The second kappa shape index (κ2) is 4.69. The summed E-state index contributed by atoms with van der Waals surface area (Å²) in [5.41, 5.74) is -0.557. The van der Waals surface area contributed by atoms with Crippen molar-refractivity contribution < 1.29 is 18.3 Å². The van der Waals surface area contributed by atoms with Crippen molar-refractivity contribution in [1.29, 1.82) is 0 Å². The van der Waals surface area contributed by atoms with Crippen molar-refractivity contribution in [2.24, 2.45) is 0 Å². The number of ether oxygens (including phenoxy) is 1. The molecular formula is C12H15F2NO2. The number of methoxy groups -OCH3 is 1. The molecule has 0 heterocycles. The van der Waals surface area contributed by atoms with Crippen LogP contribution in [0.1, 0.15) is 13.8 Å². The molecule has 0 bridgehead atoms. The largest absolute Gasteiger partial charge is 0.467 e. The molecule has 0 unspecified atom stereocenters. The van der Waals surface area contributed by atoms with Crippen LogP contribution >= 0.6 is 0 Å². The number of hydrogen-bond donors (Lipinski definition) is 0. The summed E-state index contributed by atoms with van der Waals surface area (Å²) in [6.45, 7) is 3.28. The lowest BCUT2D eigenvalue weighted by atomic mass is 10.0. The number of halogens is 2. The lowest BCUT2D eigenvalue weighted by Gasteiger charge is -2.34. The molecule has 0 aromatic heterocycles. The molecule has 1 aromatic carbocycles. The van der Waals surface area contributed by atoms with Gasteiger partial charge in [-0.2, -0.15) is 0 Å². The molecular weight excluding hydrogens is 228 g/mol. The fraction of sp³-hybridized carbons (Fsp3) is 0.417. The number of likely N-dealkylation sites (N-methyl/N-ethyl adjacent to an activating group) is 1. The Morgan fingerprint density at radius 2 is 1.88 bits per heavy atom. The Hall–Kier alpha value is -1.65. The lowest BCUT2D eigenvalue weighted by Crippen LogP contribution is -2.48. The number of benzene rings is 1. The smallest absolute Gasteiger partial charge is 0.331 e. The van der Waals surface area contributed by atoms with Crippen LogP contribution in [-0.4, -0.2) is 25.7 Å². The average molecular weight is 243 g/mol. The minimum Gasteiger partial charge on any atom is -0.467 e. The summed E-state index contributed by atoms with van der Waals surface area (Å²) in [6, 6.07) is 3.47. The van der Waals surface area contributed by atoms with Gasteiger partial charge in [-0.05, 0) is 26.0 Å². The molecule has 0 aliphatic rings. The van der Waals surface area contributed by atoms with E-state index in [1.807, 2.05) is 0 Å². The summed E-state index contributed by atoms with van der Waals surface area (Å²) in [5, 5.41) is 0. The first-order valence-corrected chi connectivity index (χ1v) is 5.08. The molecule has 94 valence electrons. The van der Waals surface area contributed by atoms with E-state index >= 15 is 0 Å². The Balaban J connectivity index is 3.07. The highest BCUT2D eigenvalue weighted by Gasteiger charge is 2.33. The van der Waals surface area contributed by atoms with Crippen LogP contribution in [0.2, 0.25) is 0 Å². The number of nitrogens with zero attached hydrogens (tertiary/aromatic N) is 1. The van der Waals surface area contributed by atoms with E-state index < -0.39 is 23.1 Å². The summed E-state index contributed by atoms with van der Waals surface area (Å²) >= 11 is 0. The van der Waals surface area contributed by atoms with Gasteiger partial charge in [0, 0.05) is 18.8 Å². The topological polar surface area (TPSA) is 29.5 Å². The van der Waals surface area contributed by atoms with Gasteiger partial charge in [-0.25, -0.2) is 13.6 Å². The molecule has 0 saturated heterocycles. The van der Waals surface area contributed by atoms with Crippen molar-refractivity contribution in [3.05, 3.63) is 29.8 Å². The third kappa shape index (κ3) is 2.54. The standard InChI is InChI=1S/C12H15F2NO2/c1-12(2,11(16)17-4)15(3)8-5-6-9(13)10(14)7-8/h5-7H,1-4H3. The van der Waals surface area contributed by atoms with Crippen molar-refractivity contribution in [3.63, 3.8) is 0 Å². The van der Waals surface area contributed by atoms with Crippen LogP contribution in [0.15, 0.2) is 18.2 Å². The van der Waals surface area contributed by atoms with Gasteiger partial charge in [0.05, 0.1) is 7.11 Å². The zero-order valence-corrected chi connectivity index (χ0v) is 10.3. The lowest BCUT2D eigenvalue weighted by molar-refractivity contribution is -0.145. The molecule has 0 aliphatic carbocycles. The molecule has 0 spiro atoms. The molecule has 3 nitrogen and oxygen atoms in total. The highest BCUT2D eigenvalue weighted by molar-refractivity contribution is 5.84. The number of esters is 1. The summed E-state index contributed by atoms with van der Waals surface area (Å²) in [5.74, 6) is -2.32. The molecule has 1 rings (SSSR count). The Kier molecular flexibility index (Phi) is 3.70. The second-order valence-corrected chi connectivity index (χ2v) is 4.21. The predicted octanol–water partition coefficient (Wildman–Crippen LogP) is 2.35. The van der Waals surface area contributed by atoms with Crippen LogP contribution in [0.4, 0.5) is 14.5 Å². The fourth-order valence-electron chi connectivity index (χ4n) is 1.40. The number of rotatable bonds is 3.